The van der Waals surface area contributed by atoms with E-state index in [2.05, 4.69) is 45.1 Å². The minimum absolute atomic E-state index is 0.165. The van der Waals surface area contributed by atoms with Crippen LogP contribution >= 0.6 is 0 Å². The third-order valence-corrected chi connectivity index (χ3v) is 9.75. The van der Waals surface area contributed by atoms with Gasteiger partial charge in [0.1, 0.15) is 5.60 Å². The molecule has 0 radical (unpaired) electrons. The number of hydrogen-bond donors (Lipinski definition) is 1. The average Bonchev–Trinajstić information content (AvgIpc) is 2.96. The molecule has 1 atom stereocenters. The number of carboxylic acid groups (broad SMARTS) is 1. The molecule has 1 fully saturated rings. The second-order valence-electron chi connectivity index (χ2n) is 14.6. The average molecular weight is 599 g/mol. The van der Waals surface area contributed by atoms with Crippen molar-refractivity contribution in [1.82, 2.24) is 9.80 Å². The van der Waals surface area contributed by atoms with Gasteiger partial charge in [-0.1, -0.05) is 81.0 Å². The number of rotatable bonds is 5. The summed E-state index contributed by atoms with van der Waals surface area (Å²) in [5.74, 6) is -0.764. The molecule has 2 aliphatic heterocycles. The summed E-state index contributed by atoms with van der Waals surface area (Å²) < 4.78 is 5.64. The van der Waals surface area contributed by atoms with Crippen molar-refractivity contribution in [3.8, 4) is 0 Å². The Kier molecular flexibility index (Phi) is 8.29. The monoisotopic (exact) mass is 598 g/mol. The summed E-state index contributed by atoms with van der Waals surface area (Å²) in [4.78, 5) is 42.7. The summed E-state index contributed by atoms with van der Waals surface area (Å²) in [6.45, 7) is 14.5. The summed E-state index contributed by atoms with van der Waals surface area (Å²) in [6, 6.07) is 17.3. The van der Waals surface area contributed by atoms with E-state index < -0.39 is 17.0 Å². The summed E-state index contributed by atoms with van der Waals surface area (Å²) in [6.07, 6.45) is 6.82. The molecular weight excluding hydrogens is 552 g/mol. The van der Waals surface area contributed by atoms with Gasteiger partial charge in [0.2, 0.25) is 5.91 Å². The molecule has 44 heavy (non-hydrogen) atoms. The van der Waals surface area contributed by atoms with E-state index in [1.807, 2.05) is 56.0 Å². The molecule has 1 N–H and O–H groups in total. The van der Waals surface area contributed by atoms with Gasteiger partial charge in [0.25, 0.3) is 0 Å². The van der Waals surface area contributed by atoms with Crippen LogP contribution in [-0.4, -0.2) is 64.7 Å². The van der Waals surface area contributed by atoms with Crippen molar-refractivity contribution < 1.29 is 24.2 Å². The fraction of sp³-hybridized carbons (Fsp3) is 0.486. The zero-order valence-electron chi connectivity index (χ0n) is 27.0. The number of carbonyl (C=O) groups excluding carboxylic acids is 2. The lowest BCUT2D eigenvalue weighted by Crippen LogP contribution is -2.56. The Morgan fingerprint density at radius 2 is 1.52 bits per heavy atom. The number of amides is 2. The third-order valence-electron chi connectivity index (χ3n) is 9.75. The largest absolute Gasteiger partial charge is 0.478 e. The van der Waals surface area contributed by atoms with Gasteiger partial charge in [-0.05, 0) is 75.3 Å². The van der Waals surface area contributed by atoms with Gasteiger partial charge in [-0.3, -0.25) is 4.79 Å². The SMILES string of the molecule is CC(C)(C)OC(=O)N1CCC(Cc2ccccc2)(C(=O)N2CC=C3C(C)(C)C(c4ccc(C(=O)O)cc4)=CC[C@]3(C)C2)CC1. The highest BCUT2D eigenvalue weighted by Crippen LogP contribution is 2.55. The van der Waals surface area contributed by atoms with Gasteiger partial charge < -0.3 is 19.6 Å². The van der Waals surface area contributed by atoms with Crippen LogP contribution < -0.4 is 0 Å². The maximum Gasteiger partial charge on any atom is 0.410 e. The molecule has 0 bridgehead atoms. The van der Waals surface area contributed by atoms with E-state index in [1.165, 1.54) is 11.1 Å². The second-order valence-corrected chi connectivity index (χ2v) is 14.6. The highest BCUT2D eigenvalue weighted by atomic mass is 16.6. The molecule has 0 aromatic heterocycles. The number of ether oxygens (including phenoxy) is 1. The molecule has 0 spiro atoms. The number of fused-ring (bicyclic) bond motifs is 1. The molecule has 3 aliphatic rings. The zero-order chi connectivity index (χ0) is 31.9. The van der Waals surface area contributed by atoms with Crippen molar-refractivity contribution in [1.29, 1.82) is 0 Å². The molecule has 1 aliphatic carbocycles. The summed E-state index contributed by atoms with van der Waals surface area (Å²) in [7, 11) is 0. The lowest BCUT2D eigenvalue weighted by molar-refractivity contribution is -0.146. The van der Waals surface area contributed by atoms with Gasteiger partial charge >= 0.3 is 12.1 Å². The molecule has 5 rings (SSSR count). The van der Waals surface area contributed by atoms with Crippen LogP contribution in [0.25, 0.3) is 5.57 Å². The molecule has 2 heterocycles. The van der Waals surface area contributed by atoms with Crippen molar-refractivity contribution in [2.24, 2.45) is 16.2 Å². The molecule has 2 aromatic rings. The molecular formula is C37H46N2O5. The smallest absolute Gasteiger partial charge is 0.410 e. The number of carboxylic acids is 1. The Balaban J connectivity index is 1.38. The van der Waals surface area contributed by atoms with Gasteiger partial charge in [0.15, 0.2) is 0 Å². The van der Waals surface area contributed by atoms with E-state index in [-0.39, 0.29) is 28.4 Å². The fourth-order valence-corrected chi connectivity index (χ4v) is 7.59. The molecule has 7 nitrogen and oxygen atoms in total. The number of aromatic carboxylic acids is 1. The maximum absolute atomic E-state index is 14.6. The summed E-state index contributed by atoms with van der Waals surface area (Å²) in [5.41, 5.74) is 3.30. The van der Waals surface area contributed by atoms with Gasteiger partial charge in [-0.15, -0.1) is 0 Å². The van der Waals surface area contributed by atoms with Crippen LogP contribution in [0.3, 0.4) is 0 Å². The second kappa shape index (κ2) is 11.6. The van der Waals surface area contributed by atoms with Crippen molar-refractivity contribution in [2.45, 2.75) is 72.8 Å². The van der Waals surface area contributed by atoms with E-state index in [1.54, 1.807) is 17.0 Å². The van der Waals surface area contributed by atoms with Crippen LogP contribution in [0.1, 0.15) is 82.3 Å². The number of carbonyl (C=O) groups is 3. The zero-order valence-corrected chi connectivity index (χ0v) is 27.0. The molecule has 0 unspecified atom stereocenters. The van der Waals surface area contributed by atoms with Crippen LogP contribution in [0.4, 0.5) is 4.79 Å². The van der Waals surface area contributed by atoms with Crippen molar-refractivity contribution in [2.75, 3.05) is 26.2 Å². The maximum atomic E-state index is 14.6. The molecule has 234 valence electrons. The first-order chi connectivity index (χ1) is 20.6. The Morgan fingerprint density at radius 1 is 0.886 bits per heavy atom. The van der Waals surface area contributed by atoms with E-state index in [9.17, 15) is 19.5 Å². The van der Waals surface area contributed by atoms with Crippen molar-refractivity contribution >= 4 is 23.5 Å². The molecule has 1 saturated heterocycles. The molecule has 2 amide bonds. The third kappa shape index (κ3) is 6.19. The lowest BCUT2D eigenvalue weighted by atomic mass is 9.58. The normalized spacial score (nSPS) is 22.8. The van der Waals surface area contributed by atoms with Crippen LogP contribution in [0, 0.1) is 16.2 Å². The van der Waals surface area contributed by atoms with Crippen molar-refractivity contribution in [3.05, 3.63) is 89.0 Å². The molecule has 2 aromatic carbocycles. The standard InChI is InChI=1S/C37H46N2O5/c1-34(2,3)44-33(43)38-22-19-37(20-23-38,24-26-10-8-7-9-11-26)32(42)39-21-17-30-35(4,5)29(16-18-36(30,6)25-39)27-12-14-28(15-13-27)31(40)41/h7-17H,18-25H2,1-6H3,(H,40,41)/t36-/m1/s1. The predicted molar refractivity (Wildman–Crippen MR) is 172 cm³/mol. The van der Waals surface area contributed by atoms with Crippen molar-refractivity contribution in [3.63, 3.8) is 0 Å². The highest BCUT2D eigenvalue weighted by molar-refractivity contribution is 5.88. The van der Waals surface area contributed by atoms with Crippen LogP contribution in [0.5, 0.6) is 0 Å². The predicted octanol–water partition coefficient (Wildman–Crippen LogP) is 7.23. The van der Waals surface area contributed by atoms with Gasteiger partial charge in [0.05, 0.1) is 11.0 Å². The number of hydrogen-bond acceptors (Lipinski definition) is 4. The van der Waals surface area contributed by atoms with Gasteiger partial charge in [0, 0.05) is 37.0 Å². The molecule has 0 saturated carbocycles. The summed E-state index contributed by atoms with van der Waals surface area (Å²) in [5, 5.41) is 9.34. The lowest BCUT2D eigenvalue weighted by Gasteiger charge is -2.52. The Morgan fingerprint density at radius 3 is 2.11 bits per heavy atom. The Bertz CT molecular complexity index is 1470. The number of nitrogens with zero attached hydrogens (tertiary/aromatic N) is 2. The minimum Gasteiger partial charge on any atom is -0.478 e. The first-order valence-corrected chi connectivity index (χ1v) is 15.7. The van der Waals surface area contributed by atoms with E-state index in [4.69, 9.17) is 4.74 Å². The number of benzene rings is 2. The van der Waals surface area contributed by atoms with Gasteiger partial charge in [-0.2, -0.15) is 0 Å². The minimum atomic E-state index is -0.929. The van der Waals surface area contributed by atoms with Crippen LogP contribution in [0.15, 0.2) is 72.3 Å². The first-order valence-electron chi connectivity index (χ1n) is 15.7. The summed E-state index contributed by atoms with van der Waals surface area (Å²) >= 11 is 0. The van der Waals surface area contributed by atoms with Crippen LogP contribution in [-0.2, 0) is 16.0 Å². The molecule has 7 heteroatoms. The van der Waals surface area contributed by atoms with E-state index in [0.717, 1.165) is 17.5 Å². The number of allylic oxidation sites excluding steroid dienone is 2. The van der Waals surface area contributed by atoms with E-state index >= 15 is 0 Å². The number of likely N-dealkylation sites (tertiary alicyclic amines) is 1. The van der Waals surface area contributed by atoms with Crippen LogP contribution in [0.2, 0.25) is 0 Å². The fourth-order valence-electron chi connectivity index (χ4n) is 7.59. The number of piperidine rings is 1. The van der Waals surface area contributed by atoms with E-state index in [0.29, 0.717) is 45.4 Å². The quantitative estimate of drug-likeness (QED) is 0.367. The Hall–Kier alpha value is -3.87. The topological polar surface area (TPSA) is 87.2 Å². The Labute approximate surface area is 261 Å². The highest BCUT2D eigenvalue weighted by Gasteiger charge is 2.50. The van der Waals surface area contributed by atoms with Gasteiger partial charge in [-0.25, -0.2) is 9.59 Å². The first kappa shape index (κ1) is 31.6.